The van der Waals surface area contributed by atoms with E-state index in [-0.39, 0.29) is 18.3 Å². The van der Waals surface area contributed by atoms with Crippen LogP contribution < -0.4 is 5.32 Å². The monoisotopic (exact) mass is 243 g/mol. The summed E-state index contributed by atoms with van der Waals surface area (Å²) in [5, 5.41) is 2.72. The molecule has 0 spiro atoms. The Morgan fingerprint density at radius 3 is 2.29 bits per heavy atom. The van der Waals surface area contributed by atoms with E-state index in [0.29, 0.717) is 13.0 Å². The number of carbonyl (C=O) groups excluding carboxylic acids is 2. The third-order valence-corrected chi connectivity index (χ3v) is 2.08. The Hall–Kier alpha value is -1.06. The average Bonchev–Trinajstić information content (AvgIpc) is 2.15. The summed E-state index contributed by atoms with van der Waals surface area (Å²) in [5.74, 6) is -0.256. The van der Waals surface area contributed by atoms with Crippen molar-refractivity contribution in [3.8, 4) is 0 Å². The smallest absolute Gasteiger partial charge is 0.308 e. The third kappa shape index (κ3) is 11.2. The number of hydrogen-bond donors (Lipinski definition) is 1. The van der Waals surface area contributed by atoms with E-state index in [4.69, 9.17) is 4.74 Å². The van der Waals surface area contributed by atoms with Gasteiger partial charge in [0.2, 0.25) is 5.91 Å². The molecule has 0 aromatic rings. The molecule has 0 aromatic heterocycles. The zero-order valence-electron chi connectivity index (χ0n) is 11.5. The summed E-state index contributed by atoms with van der Waals surface area (Å²) in [5.41, 5.74) is -0.456. The number of esters is 1. The van der Waals surface area contributed by atoms with Crippen molar-refractivity contribution in [3.63, 3.8) is 0 Å². The van der Waals surface area contributed by atoms with Gasteiger partial charge < -0.3 is 10.1 Å². The van der Waals surface area contributed by atoms with Gasteiger partial charge in [0.1, 0.15) is 5.60 Å². The summed E-state index contributed by atoms with van der Waals surface area (Å²) in [6.07, 6.45) is 3.86. The molecule has 0 saturated heterocycles. The van der Waals surface area contributed by atoms with Crippen molar-refractivity contribution in [2.45, 2.75) is 65.4 Å². The van der Waals surface area contributed by atoms with Gasteiger partial charge in [0, 0.05) is 13.0 Å². The molecule has 0 aliphatic rings. The number of unbranched alkanes of at least 4 members (excludes halogenated alkanes) is 2. The molecule has 0 heterocycles. The number of amides is 1. The highest BCUT2D eigenvalue weighted by Crippen LogP contribution is 2.07. The normalized spacial score (nSPS) is 11.1. The van der Waals surface area contributed by atoms with Gasteiger partial charge in [-0.05, 0) is 27.2 Å². The fraction of sp³-hybridized carbons (Fsp3) is 0.846. The van der Waals surface area contributed by atoms with Crippen LogP contribution in [0.15, 0.2) is 0 Å². The summed E-state index contributed by atoms with van der Waals surface area (Å²) >= 11 is 0. The molecule has 17 heavy (non-hydrogen) atoms. The van der Waals surface area contributed by atoms with Crippen LogP contribution in [0.2, 0.25) is 0 Å². The van der Waals surface area contributed by atoms with E-state index >= 15 is 0 Å². The van der Waals surface area contributed by atoms with Gasteiger partial charge in [-0.15, -0.1) is 0 Å². The molecule has 1 amide bonds. The predicted octanol–water partition coefficient (Wildman–Crippen LogP) is 2.41. The summed E-state index contributed by atoms with van der Waals surface area (Å²) < 4.78 is 5.13. The Bertz CT molecular complexity index is 244. The topological polar surface area (TPSA) is 55.4 Å². The van der Waals surface area contributed by atoms with Crippen molar-refractivity contribution in [1.29, 1.82) is 0 Å². The summed E-state index contributed by atoms with van der Waals surface area (Å²) in [6.45, 7) is 7.94. The van der Waals surface area contributed by atoms with Crippen LogP contribution >= 0.6 is 0 Å². The first-order chi connectivity index (χ1) is 7.85. The van der Waals surface area contributed by atoms with Gasteiger partial charge in [0.15, 0.2) is 0 Å². The number of nitrogens with one attached hydrogen (secondary N) is 1. The Morgan fingerprint density at radius 1 is 1.12 bits per heavy atom. The number of hydrogen-bond acceptors (Lipinski definition) is 3. The van der Waals surface area contributed by atoms with Gasteiger partial charge in [-0.3, -0.25) is 9.59 Å². The van der Waals surface area contributed by atoms with E-state index in [1.54, 1.807) is 0 Å². The van der Waals surface area contributed by atoms with E-state index < -0.39 is 5.60 Å². The van der Waals surface area contributed by atoms with Crippen LogP contribution in [0.1, 0.15) is 59.8 Å². The van der Waals surface area contributed by atoms with Crippen molar-refractivity contribution in [3.05, 3.63) is 0 Å². The van der Waals surface area contributed by atoms with E-state index in [2.05, 4.69) is 12.2 Å². The van der Waals surface area contributed by atoms with Crippen LogP contribution in [0.25, 0.3) is 0 Å². The lowest BCUT2D eigenvalue weighted by atomic mass is 10.2. The maximum Gasteiger partial charge on any atom is 0.308 e. The molecule has 0 aromatic carbocycles. The minimum Gasteiger partial charge on any atom is -0.460 e. The van der Waals surface area contributed by atoms with Crippen molar-refractivity contribution in [2.75, 3.05) is 6.54 Å². The molecule has 100 valence electrons. The van der Waals surface area contributed by atoms with Crippen LogP contribution in [-0.4, -0.2) is 24.0 Å². The van der Waals surface area contributed by atoms with E-state index in [1.165, 1.54) is 0 Å². The fourth-order valence-corrected chi connectivity index (χ4v) is 1.32. The summed E-state index contributed by atoms with van der Waals surface area (Å²) in [6, 6.07) is 0. The Labute approximate surface area is 104 Å². The van der Waals surface area contributed by atoms with Gasteiger partial charge in [0.25, 0.3) is 0 Å². The molecule has 0 fully saturated rings. The maximum absolute atomic E-state index is 11.3. The average molecular weight is 243 g/mol. The van der Waals surface area contributed by atoms with Gasteiger partial charge >= 0.3 is 5.97 Å². The molecule has 4 heteroatoms. The molecule has 4 nitrogen and oxygen atoms in total. The van der Waals surface area contributed by atoms with Crippen molar-refractivity contribution < 1.29 is 14.3 Å². The lowest BCUT2D eigenvalue weighted by Crippen LogP contribution is -2.29. The Kier molecular flexibility index (Phi) is 7.59. The molecular weight excluding hydrogens is 218 g/mol. The van der Waals surface area contributed by atoms with Crippen LogP contribution in [0.3, 0.4) is 0 Å². The molecule has 1 N–H and O–H groups in total. The lowest BCUT2D eigenvalue weighted by molar-refractivity contribution is -0.154. The van der Waals surface area contributed by atoms with Gasteiger partial charge in [-0.2, -0.15) is 0 Å². The van der Waals surface area contributed by atoms with Crippen molar-refractivity contribution in [1.82, 2.24) is 5.32 Å². The number of ether oxygens (including phenoxy) is 1. The third-order valence-electron chi connectivity index (χ3n) is 2.08. The second-order valence-electron chi connectivity index (χ2n) is 5.14. The Balaban J connectivity index is 3.56. The first kappa shape index (κ1) is 15.9. The van der Waals surface area contributed by atoms with E-state index in [1.807, 2.05) is 20.8 Å². The molecule has 0 atom stereocenters. The first-order valence-corrected chi connectivity index (χ1v) is 6.33. The Morgan fingerprint density at radius 2 is 1.76 bits per heavy atom. The maximum atomic E-state index is 11.3. The molecule has 0 radical (unpaired) electrons. The summed E-state index contributed by atoms with van der Waals surface area (Å²) in [7, 11) is 0. The highest BCUT2D eigenvalue weighted by Gasteiger charge is 2.15. The highest BCUT2D eigenvalue weighted by atomic mass is 16.6. The van der Waals surface area contributed by atoms with Gasteiger partial charge in [-0.25, -0.2) is 0 Å². The van der Waals surface area contributed by atoms with Gasteiger partial charge in [-0.1, -0.05) is 19.8 Å². The molecule has 0 aliphatic heterocycles. The SMILES string of the molecule is CCCCCC(=O)NCCC(=O)OC(C)(C)C. The predicted molar refractivity (Wildman–Crippen MR) is 67.6 cm³/mol. The van der Waals surface area contributed by atoms with Crippen LogP contribution in [0, 0.1) is 0 Å². The lowest BCUT2D eigenvalue weighted by Gasteiger charge is -2.19. The van der Waals surface area contributed by atoms with Crippen molar-refractivity contribution >= 4 is 11.9 Å². The molecule has 0 unspecified atom stereocenters. The molecule has 0 saturated carbocycles. The number of rotatable bonds is 7. The molecule has 0 bridgehead atoms. The molecule has 0 aliphatic carbocycles. The second kappa shape index (κ2) is 8.09. The van der Waals surface area contributed by atoms with Crippen molar-refractivity contribution in [2.24, 2.45) is 0 Å². The zero-order valence-corrected chi connectivity index (χ0v) is 11.5. The zero-order chi connectivity index (χ0) is 13.3. The second-order valence-corrected chi connectivity index (χ2v) is 5.14. The summed E-state index contributed by atoms with van der Waals surface area (Å²) in [4.78, 5) is 22.6. The van der Waals surface area contributed by atoms with Crippen LogP contribution in [0.5, 0.6) is 0 Å². The van der Waals surface area contributed by atoms with Crippen LogP contribution in [-0.2, 0) is 14.3 Å². The van der Waals surface area contributed by atoms with E-state index in [0.717, 1.165) is 19.3 Å². The minimum absolute atomic E-state index is 0.0157. The van der Waals surface area contributed by atoms with Crippen LogP contribution in [0.4, 0.5) is 0 Å². The molecule has 0 rings (SSSR count). The number of carbonyl (C=O) groups is 2. The first-order valence-electron chi connectivity index (χ1n) is 6.33. The van der Waals surface area contributed by atoms with E-state index in [9.17, 15) is 9.59 Å². The minimum atomic E-state index is -0.456. The highest BCUT2D eigenvalue weighted by molar-refractivity contribution is 5.77. The fourth-order valence-electron chi connectivity index (χ4n) is 1.32. The quantitative estimate of drug-likeness (QED) is 0.552. The van der Waals surface area contributed by atoms with Gasteiger partial charge in [0.05, 0.1) is 6.42 Å². The molecular formula is C13H25NO3. The standard InChI is InChI=1S/C13H25NO3/c1-5-6-7-8-11(15)14-10-9-12(16)17-13(2,3)4/h5-10H2,1-4H3,(H,14,15). The largest absolute Gasteiger partial charge is 0.460 e.